The number of pyridine rings is 1. The first-order valence-corrected chi connectivity index (χ1v) is 16.0. The monoisotopic (exact) mass is 671 g/mol. The summed E-state index contributed by atoms with van der Waals surface area (Å²) in [4.78, 5) is 54.6. The fourth-order valence-corrected chi connectivity index (χ4v) is 7.58. The van der Waals surface area contributed by atoms with E-state index in [0.29, 0.717) is 36.2 Å². The van der Waals surface area contributed by atoms with Crippen LogP contribution in [-0.4, -0.2) is 88.8 Å². The van der Waals surface area contributed by atoms with Gasteiger partial charge in [0.1, 0.15) is 29.1 Å². The first-order chi connectivity index (χ1) is 22.8. The molecule has 2 bridgehead atoms. The van der Waals surface area contributed by atoms with Gasteiger partial charge in [-0.25, -0.2) is 4.98 Å². The number of phenolic OH excluding ortho intramolecular Hbond substituents is 1. The van der Waals surface area contributed by atoms with Crippen LogP contribution in [-0.2, 0) is 17.8 Å². The Labute approximate surface area is 272 Å². The Morgan fingerprint density at radius 2 is 1.83 bits per heavy atom. The number of benzene rings is 1. The van der Waals surface area contributed by atoms with Crippen LogP contribution >= 0.6 is 0 Å². The van der Waals surface area contributed by atoms with Crippen LogP contribution in [0, 0.1) is 17.8 Å². The van der Waals surface area contributed by atoms with Crippen LogP contribution in [0.15, 0.2) is 32.2 Å². The van der Waals surface area contributed by atoms with E-state index in [4.69, 9.17) is 8.83 Å². The molecule has 256 valence electrons. The van der Waals surface area contributed by atoms with Gasteiger partial charge in [-0.1, -0.05) is 6.92 Å². The number of oxazole rings is 2. The summed E-state index contributed by atoms with van der Waals surface area (Å²) in [5.41, 5.74) is 1.20. The van der Waals surface area contributed by atoms with Gasteiger partial charge < -0.3 is 38.5 Å². The van der Waals surface area contributed by atoms with Gasteiger partial charge in [-0.05, 0) is 49.7 Å². The van der Waals surface area contributed by atoms with Crippen molar-refractivity contribution < 1.29 is 36.7 Å². The maximum Gasteiger partial charge on any atom is 0.392 e. The molecule has 2 atom stereocenters. The van der Waals surface area contributed by atoms with Gasteiger partial charge >= 0.3 is 6.18 Å². The molecule has 16 heteroatoms. The summed E-state index contributed by atoms with van der Waals surface area (Å²) in [6.07, 6.45) is -2.04. The predicted molar refractivity (Wildman–Crippen MR) is 168 cm³/mol. The average Bonchev–Trinajstić information content (AvgIpc) is 3.69. The van der Waals surface area contributed by atoms with Crippen LogP contribution in [0.5, 0.6) is 5.75 Å². The number of hydrogen-bond acceptors (Lipinski definition) is 10. The standard InChI is InChI=1S/C32H36F3N7O6/c1-4-21-26(40-7-9-41(10-8-40)29(46)24-22(43)6-5-19-28(24)47-15-36-19)27(45)25-30(48-31(38-25)39(2)3)42(21)14-23(44)37-20-13-18(32(33,34)35)16-11-17(20)12-16/h5-6,15-18,20,43H,4,7-14H2,1-3H3,(H,37,44). The third kappa shape index (κ3) is 5.30. The molecule has 4 fully saturated rings. The summed E-state index contributed by atoms with van der Waals surface area (Å²) in [5, 5.41) is 13.3. The zero-order valence-corrected chi connectivity index (χ0v) is 26.7. The molecule has 48 heavy (non-hydrogen) atoms. The zero-order valence-electron chi connectivity index (χ0n) is 26.7. The molecule has 0 spiro atoms. The number of hydrogen-bond donors (Lipinski definition) is 2. The number of rotatable bonds is 7. The lowest BCUT2D eigenvalue weighted by Crippen LogP contribution is -2.56. The fourth-order valence-electron chi connectivity index (χ4n) is 7.58. The Morgan fingerprint density at radius 1 is 1.10 bits per heavy atom. The minimum atomic E-state index is -4.31. The summed E-state index contributed by atoms with van der Waals surface area (Å²) in [6.45, 7) is 2.53. The quantitative estimate of drug-likeness (QED) is 0.299. The number of nitrogens with one attached hydrogen (secondary N) is 1. The van der Waals surface area contributed by atoms with E-state index in [2.05, 4.69) is 15.3 Å². The molecule has 2 amide bonds. The molecule has 1 aromatic carbocycles. The molecule has 13 nitrogen and oxygen atoms in total. The van der Waals surface area contributed by atoms with E-state index in [1.807, 2.05) is 11.8 Å². The lowest BCUT2D eigenvalue weighted by atomic mass is 9.57. The number of halogens is 3. The smallest absolute Gasteiger partial charge is 0.392 e. The lowest BCUT2D eigenvalue weighted by molar-refractivity contribution is -0.220. The number of alkyl halides is 3. The molecule has 8 rings (SSSR count). The summed E-state index contributed by atoms with van der Waals surface area (Å²) in [6, 6.07) is 2.52. The van der Waals surface area contributed by atoms with Crippen molar-refractivity contribution in [3.8, 4) is 5.75 Å². The Balaban J connectivity index is 1.17. The highest BCUT2D eigenvalue weighted by molar-refractivity contribution is 6.06. The van der Waals surface area contributed by atoms with Crippen molar-refractivity contribution in [3.63, 3.8) is 0 Å². The van der Waals surface area contributed by atoms with E-state index in [1.165, 1.54) is 12.5 Å². The van der Waals surface area contributed by atoms with Gasteiger partial charge in [0.2, 0.25) is 17.0 Å². The second-order valence-corrected chi connectivity index (χ2v) is 13.1. The largest absolute Gasteiger partial charge is 0.507 e. The second-order valence-electron chi connectivity index (χ2n) is 13.1. The molecule has 0 radical (unpaired) electrons. The van der Waals surface area contributed by atoms with Crippen LogP contribution in [0.25, 0.3) is 22.3 Å². The van der Waals surface area contributed by atoms with Gasteiger partial charge in [-0.15, -0.1) is 0 Å². The van der Waals surface area contributed by atoms with Crippen LogP contribution in [0.1, 0.15) is 42.2 Å². The van der Waals surface area contributed by atoms with Crippen LogP contribution < -0.4 is 20.5 Å². The molecular formula is C32H36F3N7O6. The number of carbonyl (C=O) groups excluding carboxylic acids is 2. The third-order valence-electron chi connectivity index (χ3n) is 10.1. The average molecular weight is 672 g/mol. The Bertz CT molecular complexity index is 1950. The minimum Gasteiger partial charge on any atom is -0.507 e. The summed E-state index contributed by atoms with van der Waals surface area (Å²) < 4.78 is 54.0. The zero-order chi connectivity index (χ0) is 34.1. The summed E-state index contributed by atoms with van der Waals surface area (Å²) in [7, 11) is 3.40. The Morgan fingerprint density at radius 3 is 2.50 bits per heavy atom. The van der Waals surface area contributed by atoms with E-state index in [1.54, 1.807) is 34.5 Å². The van der Waals surface area contributed by atoms with Crippen molar-refractivity contribution in [3.05, 3.63) is 40.0 Å². The van der Waals surface area contributed by atoms with Gasteiger partial charge in [0, 0.05) is 52.0 Å². The topological polar surface area (TPSA) is 150 Å². The number of piperazine rings is 1. The van der Waals surface area contributed by atoms with Crippen molar-refractivity contribution in [2.75, 3.05) is 50.1 Å². The maximum absolute atomic E-state index is 14.0. The summed E-state index contributed by atoms with van der Waals surface area (Å²) >= 11 is 0. The van der Waals surface area contributed by atoms with Crippen LogP contribution in [0.4, 0.5) is 24.9 Å². The highest BCUT2D eigenvalue weighted by Gasteiger charge is 2.56. The molecule has 3 aliphatic carbocycles. The summed E-state index contributed by atoms with van der Waals surface area (Å²) in [5.74, 6) is -2.94. The van der Waals surface area contributed by atoms with E-state index in [0.717, 1.165) is 0 Å². The predicted octanol–water partition coefficient (Wildman–Crippen LogP) is 3.52. The fraction of sp³-hybridized carbons (Fsp3) is 0.531. The van der Waals surface area contributed by atoms with Gasteiger partial charge in [0.25, 0.3) is 11.9 Å². The number of amides is 2. The third-order valence-corrected chi connectivity index (χ3v) is 10.1. The first-order valence-electron chi connectivity index (χ1n) is 16.0. The number of carbonyl (C=O) groups is 2. The SMILES string of the molecule is CCc1c(N2CCN(C(=O)c3c(O)ccc4ncoc34)CC2)c(=O)c2nc(N(C)C)oc2n1CC(=O)NC1CC(C(F)(F)F)C2CC1C2. The van der Waals surface area contributed by atoms with Crippen LogP contribution in [0.2, 0.25) is 0 Å². The highest BCUT2D eigenvalue weighted by Crippen LogP contribution is 2.54. The molecular weight excluding hydrogens is 635 g/mol. The molecule has 2 N–H and O–H groups in total. The van der Waals surface area contributed by atoms with Crippen molar-refractivity contribution in [2.45, 2.75) is 51.4 Å². The van der Waals surface area contributed by atoms with Crippen LogP contribution in [0.3, 0.4) is 0 Å². The number of aromatic hydroxyl groups is 1. The second kappa shape index (κ2) is 11.7. The van der Waals surface area contributed by atoms with Gasteiger partial charge in [0.15, 0.2) is 17.5 Å². The van der Waals surface area contributed by atoms with E-state index >= 15 is 0 Å². The number of nitrogens with zero attached hydrogens (tertiary/aromatic N) is 6. The Kier molecular flexibility index (Phi) is 7.78. The van der Waals surface area contributed by atoms with E-state index < -0.39 is 30.0 Å². The van der Waals surface area contributed by atoms with Crippen molar-refractivity contribution in [1.82, 2.24) is 24.8 Å². The highest BCUT2D eigenvalue weighted by atomic mass is 19.4. The molecule has 4 aromatic rings. The van der Waals surface area contributed by atoms with E-state index in [-0.39, 0.29) is 90.6 Å². The van der Waals surface area contributed by atoms with Crippen molar-refractivity contribution >= 4 is 45.8 Å². The van der Waals surface area contributed by atoms with Gasteiger partial charge in [0.05, 0.1) is 5.92 Å². The molecule has 3 aromatic heterocycles. The van der Waals surface area contributed by atoms with Crippen molar-refractivity contribution in [2.24, 2.45) is 17.8 Å². The van der Waals surface area contributed by atoms with Gasteiger partial charge in [-0.2, -0.15) is 18.2 Å². The number of phenols is 1. The lowest BCUT2D eigenvalue weighted by Gasteiger charge is -2.51. The van der Waals surface area contributed by atoms with Gasteiger partial charge in [-0.3, -0.25) is 14.4 Å². The minimum absolute atomic E-state index is 0.00960. The normalized spacial score (nSPS) is 22.6. The number of fused-ring (bicyclic) bond motifs is 4. The number of aromatic nitrogens is 3. The molecule has 1 aliphatic heterocycles. The molecule has 3 saturated carbocycles. The molecule has 4 heterocycles. The van der Waals surface area contributed by atoms with Crippen molar-refractivity contribution in [1.29, 1.82) is 0 Å². The maximum atomic E-state index is 14.0. The molecule has 1 saturated heterocycles. The van der Waals surface area contributed by atoms with E-state index in [9.17, 15) is 32.7 Å². The first kappa shape index (κ1) is 31.8. The molecule has 2 unspecified atom stereocenters. The number of anilines is 2. The Hall–Kier alpha value is -4.76. The molecule has 4 aliphatic rings.